The van der Waals surface area contributed by atoms with Gasteiger partial charge in [-0.15, -0.1) is 11.3 Å². The number of thiophene rings is 1. The van der Waals surface area contributed by atoms with Crippen molar-refractivity contribution in [2.75, 3.05) is 18.5 Å². The Morgan fingerprint density at radius 1 is 1.21 bits per heavy atom. The van der Waals surface area contributed by atoms with E-state index in [9.17, 15) is 14.7 Å². The van der Waals surface area contributed by atoms with E-state index >= 15 is 0 Å². The van der Waals surface area contributed by atoms with Crippen LogP contribution < -0.4 is 10.6 Å². The SMILES string of the molecule is Cn1nccc1Nc1nccc(-c2cc3c(s2)C(C)(C)N(CC(=O)N[C@H](CO)c2cccc(Cl)c2)C3=O)n1. The summed E-state index contributed by atoms with van der Waals surface area (Å²) in [5.41, 5.74) is 1.21. The Morgan fingerprint density at radius 2 is 2.03 bits per heavy atom. The van der Waals surface area contributed by atoms with Gasteiger partial charge in [-0.1, -0.05) is 23.7 Å². The monoisotopic (exact) mass is 551 g/mol. The van der Waals surface area contributed by atoms with Crippen LogP contribution in [0.1, 0.15) is 40.7 Å². The molecule has 1 aliphatic rings. The number of fused-ring (bicyclic) bond motifs is 1. The summed E-state index contributed by atoms with van der Waals surface area (Å²) in [7, 11) is 1.82. The predicted molar refractivity (Wildman–Crippen MR) is 145 cm³/mol. The van der Waals surface area contributed by atoms with E-state index in [1.807, 2.05) is 33.0 Å². The number of benzene rings is 1. The Kier molecular flexibility index (Phi) is 6.91. The molecule has 3 aromatic heterocycles. The number of hydrogen-bond acceptors (Lipinski definition) is 8. The Morgan fingerprint density at radius 3 is 2.71 bits per heavy atom. The molecule has 0 fully saturated rings. The van der Waals surface area contributed by atoms with Crippen molar-refractivity contribution in [3.8, 4) is 10.6 Å². The standard InChI is InChI=1S/C26H26ClN7O3S/c1-26(2)23-17(12-20(38-23)18-7-9-28-25(31-18)32-21-8-10-29-33(21)3)24(37)34(26)13-22(36)30-19(14-35)15-5-4-6-16(27)11-15/h4-12,19,35H,13-14H2,1-3H3,(H,30,36)(H,28,31,32)/t19-/m1/s1. The molecule has 10 nitrogen and oxygen atoms in total. The van der Waals surface area contributed by atoms with Crippen LogP contribution in [-0.4, -0.2) is 54.7 Å². The minimum atomic E-state index is -0.708. The first-order chi connectivity index (χ1) is 18.2. The summed E-state index contributed by atoms with van der Waals surface area (Å²) in [6.07, 6.45) is 3.34. The van der Waals surface area contributed by atoms with E-state index in [1.54, 1.807) is 52.3 Å². The van der Waals surface area contributed by atoms with Crippen molar-refractivity contribution in [2.24, 2.45) is 7.05 Å². The lowest BCUT2D eigenvalue weighted by atomic mass is 10.0. The molecule has 3 N–H and O–H groups in total. The van der Waals surface area contributed by atoms with E-state index in [4.69, 9.17) is 11.6 Å². The molecule has 12 heteroatoms. The highest BCUT2D eigenvalue weighted by Gasteiger charge is 2.45. The van der Waals surface area contributed by atoms with Crippen LogP contribution in [0.25, 0.3) is 10.6 Å². The number of nitrogens with one attached hydrogen (secondary N) is 2. The van der Waals surface area contributed by atoms with Crippen LogP contribution in [0.4, 0.5) is 11.8 Å². The molecule has 1 aromatic carbocycles. The van der Waals surface area contributed by atoms with Crippen molar-refractivity contribution in [2.45, 2.75) is 25.4 Å². The Hall–Kier alpha value is -3.80. The lowest BCUT2D eigenvalue weighted by Gasteiger charge is -2.32. The number of carbonyl (C=O) groups is 2. The highest BCUT2D eigenvalue weighted by molar-refractivity contribution is 7.16. The number of rotatable bonds is 8. The zero-order chi connectivity index (χ0) is 27.0. The fraction of sp³-hybridized carbons (Fsp3) is 0.269. The maximum absolute atomic E-state index is 13.4. The second-order valence-electron chi connectivity index (χ2n) is 9.39. The van der Waals surface area contributed by atoms with Gasteiger partial charge in [-0.2, -0.15) is 5.10 Å². The number of amides is 2. The quantitative estimate of drug-likeness (QED) is 0.303. The fourth-order valence-corrected chi connectivity index (χ4v) is 5.86. The number of aryl methyl sites for hydroxylation is 1. The first-order valence-electron chi connectivity index (χ1n) is 11.9. The molecule has 0 spiro atoms. The van der Waals surface area contributed by atoms with Crippen molar-refractivity contribution in [1.82, 2.24) is 30.0 Å². The number of aromatic nitrogens is 4. The molecule has 4 aromatic rings. The molecule has 38 heavy (non-hydrogen) atoms. The van der Waals surface area contributed by atoms with Crippen LogP contribution in [0, 0.1) is 0 Å². The van der Waals surface area contributed by atoms with Crippen LogP contribution in [-0.2, 0) is 17.4 Å². The molecule has 0 saturated heterocycles. The van der Waals surface area contributed by atoms with Gasteiger partial charge >= 0.3 is 0 Å². The van der Waals surface area contributed by atoms with Gasteiger partial charge in [0.15, 0.2) is 0 Å². The van der Waals surface area contributed by atoms with Gasteiger partial charge in [-0.05, 0) is 43.7 Å². The van der Waals surface area contributed by atoms with Gasteiger partial charge in [-0.25, -0.2) is 9.97 Å². The van der Waals surface area contributed by atoms with Crippen molar-refractivity contribution in [1.29, 1.82) is 0 Å². The number of hydrogen-bond donors (Lipinski definition) is 3. The van der Waals surface area contributed by atoms with Gasteiger partial charge in [0, 0.05) is 29.2 Å². The van der Waals surface area contributed by atoms with E-state index < -0.39 is 11.6 Å². The number of nitrogens with zero attached hydrogens (tertiary/aromatic N) is 5. The van der Waals surface area contributed by atoms with Crippen molar-refractivity contribution in [3.05, 3.63) is 75.9 Å². The molecule has 0 bridgehead atoms. The number of aliphatic hydroxyl groups is 1. The van der Waals surface area contributed by atoms with Crippen LogP contribution in [0.15, 0.2) is 54.9 Å². The third-order valence-electron chi connectivity index (χ3n) is 6.48. The lowest BCUT2D eigenvalue weighted by Crippen LogP contribution is -2.46. The number of aliphatic hydroxyl groups excluding tert-OH is 1. The first-order valence-corrected chi connectivity index (χ1v) is 13.1. The molecule has 0 unspecified atom stereocenters. The van der Waals surface area contributed by atoms with Gasteiger partial charge < -0.3 is 20.6 Å². The molecule has 1 atom stereocenters. The highest BCUT2D eigenvalue weighted by atomic mass is 35.5. The third kappa shape index (κ3) is 4.87. The van der Waals surface area contributed by atoms with Crippen molar-refractivity contribution < 1.29 is 14.7 Å². The predicted octanol–water partition coefficient (Wildman–Crippen LogP) is 3.88. The van der Waals surface area contributed by atoms with E-state index in [2.05, 4.69) is 25.7 Å². The highest BCUT2D eigenvalue weighted by Crippen LogP contribution is 2.46. The fourth-order valence-electron chi connectivity index (χ4n) is 4.43. The molecule has 0 saturated carbocycles. The van der Waals surface area contributed by atoms with Gasteiger partial charge in [0.2, 0.25) is 11.9 Å². The first kappa shape index (κ1) is 25.8. The smallest absolute Gasteiger partial charge is 0.256 e. The molecule has 0 aliphatic carbocycles. The maximum Gasteiger partial charge on any atom is 0.256 e. The van der Waals surface area contributed by atoms with Crippen LogP contribution >= 0.6 is 22.9 Å². The average Bonchev–Trinajstić information content (AvgIpc) is 3.56. The summed E-state index contributed by atoms with van der Waals surface area (Å²) in [6.45, 7) is 3.39. The Balaban J connectivity index is 1.32. The number of anilines is 2. The second kappa shape index (κ2) is 10.2. The summed E-state index contributed by atoms with van der Waals surface area (Å²) >= 11 is 7.53. The molecule has 2 amide bonds. The summed E-state index contributed by atoms with van der Waals surface area (Å²) in [6, 6.07) is 11.8. The number of carbonyl (C=O) groups excluding carboxylic acids is 2. The molecule has 0 radical (unpaired) electrons. The molecule has 1 aliphatic heterocycles. The van der Waals surface area contributed by atoms with E-state index in [1.165, 1.54) is 11.3 Å². The lowest BCUT2D eigenvalue weighted by molar-refractivity contribution is -0.123. The van der Waals surface area contributed by atoms with Crippen LogP contribution in [0.2, 0.25) is 5.02 Å². The molecule has 196 valence electrons. The zero-order valence-electron chi connectivity index (χ0n) is 21.0. The maximum atomic E-state index is 13.4. The van der Waals surface area contributed by atoms with E-state index in [0.29, 0.717) is 27.8 Å². The average molecular weight is 552 g/mol. The topological polar surface area (TPSA) is 125 Å². The molecule has 4 heterocycles. The molecule has 5 rings (SSSR count). The summed E-state index contributed by atoms with van der Waals surface area (Å²) in [5.74, 6) is 0.567. The summed E-state index contributed by atoms with van der Waals surface area (Å²) < 4.78 is 1.68. The number of halogens is 1. The largest absolute Gasteiger partial charge is 0.394 e. The second-order valence-corrected chi connectivity index (χ2v) is 10.9. The third-order valence-corrected chi connectivity index (χ3v) is 8.18. The minimum absolute atomic E-state index is 0.147. The van der Waals surface area contributed by atoms with Gasteiger partial charge in [-0.3, -0.25) is 14.3 Å². The zero-order valence-corrected chi connectivity index (χ0v) is 22.5. The van der Waals surface area contributed by atoms with Crippen LogP contribution in [0.3, 0.4) is 0 Å². The van der Waals surface area contributed by atoms with E-state index in [0.717, 1.165) is 15.6 Å². The Labute approximate surface area is 228 Å². The van der Waals surface area contributed by atoms with Gasteiger partial charge in [0.25, 0.3) is 5.91 Å². The molecular formula is C26H26ClN7O3S. The van der Waals surface area contributed by atoms with Gasteiger partial charge in [0.05, 0.1) is 40.5 Å². The summed E-state index contributed by atoms with van der Waals surface area (Å²) in [5, 5.41) is 20.4. The normalized spacial score (nSPS) is 14.9. The van der Waals surface area contributed by atoms with Crippen molar-refractivity contribution in [3.63, 3.8) is 0 Å². The summed E-state index contributed by atoms with van der Waals surface area (Å²) in [4.78, 5) is 38.5. The van der Waals surface area contributed by atoms with Crippen LogP contribution in [0.5, 0.6) is 0 Å². The van der Waals surface area contributed by atoms with Crippen molar-refractivity contribution >= 4 is 46.5 Å². The molecular weight excluding hydrogens is 526 g/mol. The van der Waals surface area contributed by atoms with Gasteiger partial charge in [0.1, 0.15) is 12.4 Å². The van der Waals surface area contributed by atoms with E-state index in [-0.39, 0.29) is 25.0 Å². The minimum Gasteiger partial charge on any atom is -0.394 e. The Bertz CT molecular complexity index is 1520.